The number of alkyl halides is 2. The highest BCUT2D eigenvalue weighted by Gasteiger charge is 2.49. The minimum absolute atomic E-state index is 0.00270. The van der Waals surface area contributed by atoms with Gasteiger partial charge in [0.15, 0.2) is 6.61 Å². The molecule has 0 saturated carbocycles. The van der Waals surface area contributed by atoms with Crippen LogP contribution in [0.2, 0.25) is 0 Å². The number of carbonyl (C=O) groups excluding carboxylic acids is 1. The van der Waals surface area contributed by atoms with Crippen molar-refractivity contribution in [2.45, 2.75) is 44.8 Å². The van der Waals surface area contributed by atoms with Crippen LogP contribution >= 0.6 is 0 Å². The summed E-state index contributed by atoms with van der Waals surface area (Å²) in [5.41, 5.74) is 7.12. The zero-order chi connectivity index (χ0) is 39.9. The molecule has 1 heterocycles. The van der Waals surface area contributed by atoms with Gasteiger partial charge in [0.05, 0.1) is 15.9 Å². The molecule has 0 radical (unpaired) electrons. The maximum Gasteiger partial charge on any atom is 0.393 e. The summed E-state index contributed by atoms with van der Waals surface area (Å²) in [4.78, 5) is 16.0. The molecule has 0 saturated heterocycles. The van der Waals surface area contributed by atoms with E-state index in [-0.39, 0.29) is 11.1 Å². The molecule has 4 aromatic rings. The molecule has 0 aromatic heterocycles. The average Bonchev–Trinajstić information content (AvgIpc) is 3.12. The predicted octanol–water partition coefficient (Wildman–Crippen LogP) is 8.73. The number of benzene rings is 5. The van der Waals surface area contributed by atoms with Gasteiger partial charge in [-0.15, -0.1) is 0 Å². The number of nitrogens with one attached hydrogen (secondary N) is 2. The van der Waals surface area contributed by atoms with E-state index in [0.29, 0.717) is 38.9 Å². The van der Waals surface area contributed by atoms with Gasteiger partial charge in [-0.1, -0.05) is 65.3 Å². The van der Waals surface area contributed by atoms with Crippen molar-refractivity contribution in [1.82, 2.24) is 4.13 Å². The molecule has 55 heavy (non-hydrogen) atoms. The van der Waals surface area contributed by atoms with Gasteiger partial charge in [0.25, 0.3) is 20.0 Å². The van der Waals surface area contributed by atoms with Crippen LogP contribution < -0.4 is 14.8 Å². The molecule has 0 unspecified atom stereocenters. The zero-order valence-electron chi connectivity index (χ0n) is 30.5. The van der Waals surface area contributed by atoms with Crippen LogP contribution in [0.3, 0.4) is 0 Å². The fraction of sp³-hybridized carbons (Fsp3) is 0.171. The number of sulfonamides is 2. The first kappa shape index (κ1) is 39.0. The van der Waals surface area contributed by atoms with Crippen molar-refractivity contribution in [2.24, 2.45) is 4.99 Å². The molecule has 284 valence electrons. The molecule has 1 aliphatic carbocycles. The first-order valence-electron chi connectivity index (χ1n) is 16.9. The highest BCUT2D eigenvalue weighted by Crippen LogP contribution is 2.43. The number of ether oxygens (including phenoxy) is 1. The van der Waals surface area contributed by atoms with E-state index in [0.717, 1.165) is 39.7 Å². The van der Waals surface area contributed by atoms with Crippen LogP contribution in [0, 0.1) is 27.7 Å². The molecule has 0 amide bonds. The van der Waals surface area contributed by atoms with Crippen molar-refractivity contribution in [2.75, 3.05) is 11.9 Å². The second-order valence-corrected chi connectivity index (χ2v) is 16.9. The number of hydrogen-bond acceptors (Lipinski definition) is 9. The fourth-order valence-electron chi connectivity index (χ4n) is 6.09. The van der Waals surface area contributed by atoms with Crippen molar-refractivity contribution in [3.63, 3.8) is 0 Å². The Labute approximate surface area is 317 Å². The molecule has 10 nitrogen and oxygen atoms in total. The molecule has 14 heteroatoms. The Kier molecular flexibility index (Phi) is 10.5. The monoisotopic (exact) mass is 785 g/mol. The Morgan fingerprint density at radius 1 is 0.818 bits per heavy atom. The lowest BCUT2D eigenvalue weighted by Crippen LogP contribution is -2.45. The Balaban J connectivity index is 1.54. The standard InChI is InChI=1S/C41H37F2N3O7S2/c1-24(2)40(47)52-23-41(42,43)55(50,51)46-54(48,49)36-16-8-7-15-33(36)37-31-19-17-29(44-38-25(3)11-9-12-26(38)4)21-34(31)53-35-22-30(18-20-32(35)37)45-39-27(5)13-10-14-28(39)6/h7-22,44,46H,1,23H2,2-6H3/b45-30+. The number of halogens is 2. The Hall–Kier alpha value is -5.70. The smallest absolute Gasteiger partial charge is 0.393 e. The van der Waals surface area contributed by atoms with Gasteiger partial charge in [-0.25, -0.2) is 26.6 Å². The average molecular weight is 786 g/mol. The number of carbonyl (C=O) groups is 1. The van der Waals surface area contributed by atoms with E-state index in [1.54, 1.807) is 36.4 Å². The molecule has 0 atom stereocenters. The van der Waals surface area contributed by atoms with Crippen molar-refractivity contribution in [3.8, 4) is 22.5 Å². The molecule has 2 N–H and O–H groups in total. The number of hydrogen-bond donors (Lipinski definition) is 2. The van der Waals surface area contributed by atoms with E-state index in [1.165, 1.54) is 29.3 Å². The first-order chi connectivity index (χ1) is 25.9. The zero-order valence-corrected chi connectivity index (χ0v) is 32.2. The number of rotatable bonds is 11. The minimum Gasteiger partial charge on any atom is -0.456 e. The second-order valence-electron chi connectivity index (χ2n) is 13.2. The highest BCUT2D eigenvalue weighted by atomic mass is 32.3. The number of esters is 1. The Morgan fingerprint density at radius 2 is 1.45 bits per heavy atom. The molecule has 2 aliphatic rings. The Bertz CT molecular complexity index is 2740. The summed E-state index contributed by atoms with van der Waals surface area (Å²) in [7, 11) is -11.2. The van der Waals surface area contributed by atoms with E-state index >= 15 is 0 Å². The van der Waals surface area contributed by atoms with E-state index in [4.69, 9.17) is 9.41 Å². The summed E-state index contributed by atoms with van der Waals surface area (Å²) >= 11 is 0. The van der Waals surface area contributed by atoms with Gasteiger partial charge < -0.3 is 14.5 Å². The van der Waals surface area contributed by atoms with E-state index in [9.17, 15) is 30.4 Å². The van der Waals surface area contributed by atoms with Crippen molar-refractivity contribution in [3.05, 3.63) is 137 Å². The molecule has 4 aromatic carbocycles. The maximum atomic E-state index is 15.0. The van der Waals surface area contributed by atoms with Crippen LogP contribution in [0.15, 0.2) is 124 Å². The van der Waals surface area contributed by atoms with Crippen LogP contribution in [0.5, 0.6) is 0 Å². The first-order valence-corrected chi connectivity index (χ1v) is 19.9. The van der Waals surface area contributed by atoms with Gasteiger partial charge in [-0.3, -0.25) is 0 Å². The van der Waals surface area contributed by atoms with Crippen LogP contribution in [0.4, 0.5) is 25.8 Å². The molecule has 1 aliphatic heterocycles. The molecule has 0 fully saturated rings. The van der Waals surface area contributed by atoms with Gasteiger partial charge in [-0.2, -0.15) is 8.78 Å². The molecule has 6 rings (SSSR count). The normalized spacial score (nSPS) is 12.6. The lowest BCUT2D eigenvalue weighted by atomic mass is 9.93. The highest BCUT2D eigenvalue weighted by molar-refractivity contribution is 8.05. The Morgan fingerprint density at radius 3 is 2.11 bits per heavy atom. The summed E-state index contributed by atoms with van der Waals surface area (Å²) in [6, 6.07) is 27.6. The number of fused-ring (bicyclic) bond motifs is 2. The number of aryl methyl sites for hydroxylation is 4. The minimum atomic E-state index is -5.97. The number of para-hydroxylation sites is 2. The third kappa shape index (κ3) is 7.93. The van der Waals surface area contributed by atoms with Crippen LogP contribution in [-0.2, 0) is 29.6 Å². The van der Waals surface area contributed by atoms with Gasteiger partial charge in [0, 0.05) is 51.2 Å². The summed E-state index contributed by atoms with van der Waals surface area (Å²) in [5, 5.41) is -0.389. The third-order valence-corrected chi connectivity index (χ3v) is 12.5. The van der Waals surface area contributed by atoms with Crippen LogP contribution in [0.25, 0.3) is 33.4 Å². The lowest BCUT2D eigenvalue weighted by molar-refractivity contribution is -0.144. The lowest BCUT2D eigenvalue weighted by Gasteiger charge is -2.20. The van der Waals surface area contributed by atoms with Gasteiger partial charge in [-0.05, 0) is 87.2 Å². The summed E-state index contributed by atoms with van der Waals surface area (Å²) in [6.07, 6.45) is 0. The third-order valence-electron chi connectivity index (χ3n) is 8.91. The van der Waals surface area contributed by atoms with Crippen molar-refractivity contribution >= 4 is 54.0 Å². The quantitative estimate of drug-likeness (QED) is 0.0754. The van der Waals surface area contributed by atoms with Crippen molar-refractivity contribution in [1.29, 1.82) is 0 Å². The van der Waals surface area contributed by atoms with E-state index < -0.39 is 42.8 Å². The number of anilines is 2. The number of nitrogens with zero attached hydrogens (tertiary/aromatic N) is 1. The summed E-state index contributed by atoms with van der Waals surface area (Å²) in [6.45, 7) is 10.4. The van der Waals surface area contributed by atoms with Gasteiger partial charge in [0.1, 0.15) is 11.3 Å². The summed E-state index contributed by atoms with van der Waals surface area (Å²) < 4.78 is 95.4. The van der Waals surface area contributed by atoms with Gasteiger partial charge >= 0.3 is 11.2 Å². The largest absolute Gasteiger partial charge is 0.456 e. The molecular formula is C41H37F2N3O7S2. The van der Waals surface area contributed by atoms with Crippen LogP contribution in [0.1, 0.15) is 29.2 Å². The summed E-state index contributed by atoms with van der Waals surface area (Å²) in [5.74, 6) is -0.952. The predicted molar refractivity (Wildman–Crippen MR) is 209 cm³/mol. The molecular weight excluding hydrogens is 749 g/mol. The van der Waals surface area contributed by atoms with Crippen LogP contribution in [-0.4, -0.2) is 34.7 Å². The van der Waals surface area contributed by atoms with Crippen molar-refractivity contribution < 1.29 is 39.6 Å². The second kappa shape index (κ2) is 14.9. The SMILES string of the molecule is C=C(C)C(=O)OCC(F)(F)S(=O)(=O)NS(=O)(=O)c1ccccc1-c1c2cc/c(=N\c3c(C)cccc3C)cc-2oc2cc(Nc3c(C)cccc3C)ccc12. The van der Waals surface area contributed by atoms with Gasteiger partial charge in [0.2, 0.25) is 0 Å². The maximum absolute atomic E-state index is 15.0. The van der Waals surface area contributed by atoms with E-state index in [2.05, 4.69) is 16.6 Å². The molecule has 0 spiro atoms. The topological polar surface area (TPSA) is 144 Å². The molecule has 0 bridgehead atoms. The van der Waals surface area contributed by atoms with E-state index in [1.807, 2.05) is 64.1 Å². The fourth-order valence-corrected chi connectivity index (χ4v) is 9.03.